The van der Waals surface area contributed by atoms with Gasteiger partial charge in [0, 0.05) is 10.2 Å². The van der Waals surface area contributed by atoms with E-state index in [9.17, 15) is 4.39 Å². The van der Waals surface area contributed by atoms with Crippen LogP contribution in [-0.4, -0.2) is 7.11 Å². The van der Waals surface area contributed by atoms with Crippen LogP contribution in [0.3, 0.4) is 0 Å². The SMILES string of the molecule is COc1ccc(C(NN)c2cc(Br)ccc2N)cc1F. The molecule has 0 fully saturated rings. The lowest BCUT2D eigenvalue weighted by Crippen LogP contribution is -2.29. The van der Waals surface area contributed by atoms with E-state index in [0.717, 1.165) is 10.0 Å². The molecule has 2 rings (SSSR count). The number of methoxy groups -OCH3 is 1. The maximum absolute atomic E-state index is 13.8. The van der Waals surface area contributed by atoms with Gasteiger partial charge in [-0.2, -0.15) is 0 Å². The number of nitrogens with two attached hydrogens (primary N) is 2. The van der Waals surface area contributed by atoms with Crippen molar-refractivity contribution in [3.05, 3.63) is 57.8 Å². The Kier molecular flexibility index (Phi) is 4.59. The summed E-state index contributed by atoms with van der Waals surface area (Å²) < 4.78 is 19.6. The summed E-state index contributed by atoms with van der Waals surface area (Å²) in [5.74, 6) is 5.34. The third-order valence-corrected chi connectivity index (χ3v) is 3.53. The first-order chi connectivity index (χ1) is 9.56. The summed E-state index contributed by atoms with van der Waals surface area (Å²) in [6, 6.07) is 9.72. The monoisotopic (exact) mass is 339 g/mol. The highest BCUT2D eigenvalue weighted by Crippen LogP contribution is 2.30. The predicted molar refractivity (Wildman–Crippen MR) is 80.7 cm³/mol. The molecule has 0 heterocycles. The Balaban J connectivity index is 2.46. The van der Waals surface area contributed by atoms with Crippen molar-refractivity contribution in [3.8, 4) is 5.75 Å². The van der Waals surface area contributed by atoms with Crippen molar-refractivity contribution < 1.29 is 9.13 Å². The van der Waals surface area contributed by atoms with E-state index in [2.05, 4.69) is 21.4 Å². The van der Waals surface area contributed by atoms with Crippen LogP contribution in [-0.2, 0) is 0 Å². The fourth-order valence-corrected chi connectivity index (χ4v) is 2.40. The van der Waals surface area contributed by atoms with Gasteiger partial charge in [0.2, 0.25) is 0 Å². The highest BCUT2D eigenvalue weighted by Gasteiger charge is 2.17. The maximum Gasteiger partial charge on any atom is 0.165 e. The number of hydrogen-bond acceptors (Lipinski definition) is 4. The fourth-order valence-electron chi connectivity index (χ4n) is 2.02. The number of anilines is 1. The third kappa shape index (κ3) is 2.92. The van der Waals surface area contributed by atoms with Crippen LogP contribution in [0.1, 0.15) is 17.2 Å². The summed E-state index contributed by atoms with van der Waals surface area (Å²) >= 11 is 3.39. The number of nitrogen functional groups attached to an aromatic ring is 1. The van der Waals surface area contributed by atoms with Crippen molar-refractivity contribution >= 4 is 21.6 Å². The molecule has 2 aromatic carbocycles. The van der Waals surface area contributed by atoms with Crippen LogP contribution < -0.4 is 21.7 Å². The van der Waals surface area contributed by atoms with Gasteiger partial charge in [0.1, 0.15) is 0 Å². The second-order valence-electron chi connectivity index (χ2n) is 4.27. The highest BCUT2D eigenvalue weighted by atomic mass is 79.9. The number of benzene rings is 2. The van der Waals surface area contributed by atoms with E-state index in [-0.39, 0.29) is 5.75 Å². The molecule has 2 aromatic rings. The van der Waals surface area contributed by atoms with Crippen molar-refractivity contribution in [1.29, 1.82) is 0 Å². The molecular weight excluding hydrogens is 325 g/mol. The molecule has 0 saturated heterocycles. The number of hydrazine groups is 1. The molecule has 5 N–H and O–H groups in total. The Labute approximate surface area is 125 Å². The van der Waals surface area contributed by atoms with Crippen LogP contribution in [0.2, 0.25) is 0 Å². The molecule has 0 saturated carbocycles. The van der Waals surface area contributed by atoms with Gasteiger partial charge in [-0.3, -0.25) is 5.84 Å². The molecule has 20 heavy (non-hydrogen) atoms. The smallest absolute Gasteiger partial charge is 0.165 e. The lowest BCUT2D eigenvalue weighted by molar-refractivity contribution is 0.385. The van der Waals surface area contributed by atoms with E-state index < -0.39 is 11.9 Å². The number of rotatable bonds is 4. The van der Waals surface area contributed by atoms with E-state index in [4.69, 9.17) is 16.3 Å². The lowest BCUT2D eigenvalue weighted by Gasteiger charge is -2.19. The van der Waals surface area contributed by atoms with Gasteiger partial charge in [-0.05, 0) is 41.5 Å². The minimum Gasteiger partial charge on any atom is -0.494 e. The Bertz CT molecular complexity index is 621. The average molecular weight is 340 g/mol. The van der Waals surface area contributed by atoms with Crippen molar-refractivity contribution in [2.75, 3.05) is 12.8 Å². The molecule has 6 heteroatoms. The van der Waals surface area contributed by atoms with Crippen molar-refractivity contribution in [3.63, 3.8) is 0 Å². The molecule has 4 nitrogen and oxygen atoms in total. The van der Waals surface area contributed by atoms with Crippen LogP contribution in [0.15, 0.2) is 40.9 Å². The van der Waals surface area contributed by atoms with E-state index in [0.29, 0.717) is 11.3 Å². The second-order valence-corrected chi connectivity index (χ2v) is 5.18. The Hall–Kier alpha value is -1.63. The zero-order valence-electron chi connectivity index (χ0n) is 10.9. The normalized spacial score (nSPS) is 12.2. The Morgan fingerprint density at radius 3 is 2.60 bits per heavy atom. The minimum absolute atomic E-state index is 0.187. The Morgan fingerprint density at radius 1 is 1.25 bits per heavy atom. The molecule has 106 valence electrons. The van der Waals surface area contributed by atoms with E-state index in [1.807, 2.05) is 12.1 Å². The standard InChI is InChI=1S/C14H15BrFN3O/c1-20-13-5-2-8(6-11(13)16)14(19-18)10-7-9(15)3-4-12(10)17/h2-7,14,19H,17-18H2,1H3. The van der Waals surface area contributed by atoms with E-state index in [1.165, 1.54) is 13.2 Å². The predicted octanol–water partition coefficient (Wildman–Crippen LogP) is 2.73. The highest BCUT2D eigenvalue weighted by molar-refractivity contribution is 9.10. The van der Waals surface area contributed by atoms with Gasteiger partial charge in [-0.25, -0.2) is 9.82 Å². The van der Waals surface area contributed by atoms with Crippen LogP contribution in [0.4, 0.5) is 10.1 Å². The van der Waals surface area contributed by atoms with Crippen LogP contribution in [0.25, 0.3) is 0 Å². The average Bonchev–Trinajstić information content (AvgIpc) is 2.44. The summed E-state index contributed by atoms with van der Waals surface area (Å²) in [7, 11) is 1.42. The maximum atomic E-state index is 13.8. The summed E-state index contributed by atoms with van der Waals surface area (Å²) in [6.07, 6.45) is 0. The molecule has 0 aliphatic rings. The van der Waals surface area contributed by atoms with Gasteiger partial charge in [0.15, 0.2) is 11.6 Å². The van der Waals surface area contributed by atoms with E-state index >= 15 is 0 Å². The van der Waals surface area contributed by atoms with Crippen LogP contribution in [0.5, 0.6) is 5.75 Å². The molecule has 0 radical (unpaired) electrons. The Morgan fingerprint density at radius 2 is 2.00 bits per heavy atom. The first-order valence-corrected chi connectivity index (χ1v) is 6.70. The molecule has 0 amide bonds. The summed E-state index contributed by atoms with van der Waals surface area (Å²) in [6.45, 7) is 0. The molecule has 1 unspecified atom stereocenters. The summed E-state index contributed by atoms with van der Waals surface area (Å²) in [5, 5.41) is 0. The molecule has 0 aliphatic carbocycles. The van der Waals surface area contributed by atoms with Gasteiger partial charge < -0.3 is 10.5 Å². The number of nitrogens with one attached hydrogen (secondary N) is 1. The number of hydrogen-bond donors (Lipinski definition) is 3. The zero-order chi connectivity index (χ0) is 14.7. The molecular formula is C14H15BrFN3O. The third-order valence-electron chi connectivity index (χ3n) is 3.04. The number of ether oxygens (including phenoxy) is 1. The van der Waals surface area contributed by atoms with Crippen molar-refractivity contribution in [2.45, 2.75) is 6.04 Å². The summed E-state index contributed by atoms with van der Waals surface area (Å²) in [4.78, 5) is 0. The van der Waals surface area contributed by atoms with Gasteiger partial charge >= 0.3 is 0 Å². The first-order valence-electron chi connectivity index (χ1n) is 5.91. The quantitative estimate of drug-likeness (QED) is 0.455. The lowest BCUT2D eigenvalue weighted by atomic mass is 9.97. The van der Waals surface area contributed by atoms with Gasteiger partial charge in [0.25, 0.3) is 0 Å². The summed E-state index contributed by atoms with van der Waals surface area (Å²) in [5.41, 5.74) is 10.6. The minimum atomic E-state index is -0.446. The first kappa shape index (κ1) is 14.8. The molecule has 0 aromatic heterocycles. The van der Waals surface area contributed by atoms with Crippen molar-refractivity contribution in [1.82, 2.24) is 5.43 Å². The van der Waals surface area contributed by atoms with E-state index in [1.54, 1.807) is 18.2 Å². The zero-order valence-corrected chi connectivity index (χ0v) is 12.4. The second kappa shape index (κ2) is 6.21. The fraction of sp³-hybridized carbons (Fsp3) is 0.143. The largest absolute Gasteiger partial charge is 0.494 e. The van der Waals surface area contributed by atoms with Crippen LogP contribution >= 0.6 is 15.9 Å². The van der Waals surface area contributed by atoms with Crippen molar-refractivity contribution in [2.24, 2.45) is 5.84 Å². The molecule has 0 aliphatic heterocycles. The van der Waals surface area contributed by atoms with Gasteiger partial charge in [-0.1, -0.05) is 22.0 Å². The van der Waals surface area contributed by atoms with Gasteiger partial charge in [0.05, 0.1) is 13.2 Å². The molecule has 0 bridgehead atoms. The molecule has 0 spiro atoms. The van der Waals surface area contributed by atoms with Crippen LogP contribution in [0, 0.1) is 5.82 Å². The molecule has 1 atom stereocenters. The topological polar surface area (TPSA) is 73.3 Å². The van der Waals surface area contributed by atoms with Gasteiger partial charge in [-0.15, -0.1) is 0 Å². The number of halogens is 2.